The molecule has 2 fully saturated rings. The number of piperidine rings is 1. The van der Waals surface area contributed by atoms with Gasteiger partial charge >= 0.3 is 0 Å². The highest BCUT2D eigenvalue weighted by Crippen LogP contribution is 2.33. The molecule has 30 heavy (non-hydrogen) atoms. The fourth-order valence-electron chi connectivity index (χ4n) is 4.54. The van der Waals surface area contributed by atoms with Gasteiger partial charge in [0.05, 0.1) is 6.10 Å². The summed E-state index contributed by atoms with van der Waals surface area (Å²) < 4.78 is 19.3. The van der Waals surface area contributed by atoms with E-state index >= 15 is 0 Å². The number of aromatic nitrogens is 3. The Morgan fingerprint density at radius 3 is 2.67 bits per heavy atom. The van der Waals surface area contributed by atoms with Gasteiger partial charge in [0.1, 0.15) is 19.0 Å². The van der Waals surface area contributed by atoms with Crippen molar-refractivity contribution in [3.63, 3.8) is 0 Å². The highest BCUT2D eigenvalue weighted by molar-refractivity contribution is 7.99. The number of hydrogen-bond donors (Lipinski definition) is 0. The summed E-state index contributed by atoms with van der Waals surface area (Å²) in [5, 5.41) is 10.0. The molecule has 1 aromatic heterocycles. The molecule has 0 radical (unpaired) electrons. The first kappa shape index (κ1) is 20.2. The SMILES string of the molecule is Cn1c(SC[C@H]2CCCO2)nnc1C1CCN(Cc2ccc3c(c2)OCCO3)CC1. The van der Waals surface area contributed by atoms with E-state index in [9.17, 15) is 0 Å². The lowest BCUT2D eigenvalue weighted by Crippen LogP contribution is -2.33. The minimum atomic E-state index is 0.374. The molecule has 0 amide bonds. The quantitative estimate of drug-likeness (QED) is 0.652. The largest absolute Gasteiger partial charge is 0.486 e. The molecule has 7 nitrogen and oxygen atoms in total. The van der Waals surface area contributed by atoms with E-state index in [1.165, 1.54) is 18.4 Å². The highest BCUT2D eigenvalue weighted by atomic mass is 32.2. The lowest BCUT2D eigenvalue weighted by Gasteiger charge is -2.31. The third-order valence-corrected chi connectivity index (χ3v) is 7.41. The van der Waals surface area contributed by atoms with E-state index in [2.05, 4.69) is 38.8 Å². The second-order valence-corrected chi connectivity index (χ2v) is 9.36. The molecule has 0 bridgehead atoms. The van der Waals surface area contributed by atoms with Crippen LogP contribution in [-0.4, -0.2) is 64.4 Å². The van der Waals surface area contributed by atoms with Gasteiger partial charge in [0.15, 0.2) is 16.7 Å². The van der Waals surface area contributed by atoms with Crippen LogP contribution in [0.1, 0.15) is 43.0 Å². The Kier molecular flexibility index (Phi) is 6.15. The van der Waals surface area contributed by atoms with Crippen LogP contribution < -0.4 is 9.47 Å². The van der Waals surface area contributed by atoms with Crippen LogP contribution in [0.4, 0.5) is 0 Å². The molecule has 0 saturated carbocycles. The number of thioether (sulfide) groups is 1. The van der Waals surface area contributed by atoms with E-state index in [1.807, 2.05) is 6.07 Å². The zero-order chi connectivity index (χ0) is 20.3. The van der Waals surface area contributed by atoms with Crippen molar-refractivity contribution in [1.82, 2.24) is 19.7 Å². The number of rotatable bonds is 6. The Hall–Kier alpha value is -1.77. The van der Waals surface area contributed by atoms with Crippen LogP contribution in [-0.2, 0) is 18.3 Å². The maximum Gasteiger partial charge on any atom is 0.191 e. The summed E-state index contributed by atoms with van der Waals surface area (Å²) in [7, 11) is 2.11. The molecule has 3 aliphatic heterocycles. The van der Waals surface area contributed by atoms with Crippen molar-refractivity contribution in [2.45, 2.75) is 49.4 Å². The van der Waals surface area contributed by atoms with E-state index in [4.69, 9.17) is 14.2 Å². The summed E-state index contributed by atoms with van der Waals surface area (Å²) in [5.41, 5.74) is 1.28. The van der Waals surface area contributed by atoms with Crippen molar-refractivity contribution < 1.29 is 14.2 Å². The third-order valence-electron chi connectivity index (χ3n) is 6.26. The molecule has 3 aliphatic rings. The standard InChI is InChI=1S/C22H30N4O3S/c1-25-21(23-24-22(25)30-15-18-3-2-10-27-18)17-6-8-26(9-7-17)14-16-4-5-19-20(13-16)29-12-11-28-19/h4-5,13,17-18H,2-3,6-12,14-15H2,1H3/t18-/m1/s1. The van der Waals surface area contributed by atoms with Gasteiger partial charge in [-0.1, -0.05) is 17.8 Å². The molecule has 0 aliphatic carbocycles. The zero-order valence-electron chi connectivity index (χ0n) is 17.6. The van der Waals surface area contributed by atoms with Crippen molar-refractivity contribution in [3.8, 4) is 11.5 Å². The van der Waals surface area contributed by atoms with Crippen LogP contribution in [0.5, 0.6) is 11.5 Å². The van der Waals surface area contributed by atoms with Crippen LogP contribution >= 0.6 is 11.8 Å². The smallest absolute Gasteiger partial charge is 0.191 e. The monoisotopic (exact) mass is 430 g/mol. The zero-order valence-corrected chi connectivity index (χ0v) is 18.4. The fourth-order valence-corrected chi connectivity index (χ4v) is 5.53. The molecular formula is C22H30N4O3S. The van der Waals surface area contributed by atoms with Crippen molar-refractivity contribution in [2.75, 3.05) is 38.7 Å². The second-order valence-electron chi connectivity index (χ2n) is 8.37. The molecule has 5 rings (SSSR count). The summed E-state index contributed by atoms with van der Waals surface area (Å²) in [5.74, 6) is 4.32. The molecule has 4 heterocycles. The number of nitrogens with zero attached hydrogens (tertiary/aromatic N) is 4. The van der Waals surface area contributed by atoms with Gasteiger partial charge in [-0.25, -0.2) is 0 Å². The van der Waals surface area contributed by atoms with Gasteiger partial charge in [-0.05, 0) is 56.5 Å². The number of ether oxygens (including phenoxy) is 3. The predicted octanol–water partition coefficient (Wildman–Crippen LogP) is 3.24. The van der Waals surface area contributed by atoms with Gasteiger partial charge in [0.2, 0.25) is 0 Å². The van der Waals surface area contributed by atoms with Crippen LogP contribution in [0, 0.1) is 0 Å². The summed E-state index contributed by atoms with van der Waals surface area (Å²) in [6, 6.07) is 6.31. The van der Waals surface area contributed by atoms with E-state index in [-0.39, 0.29) is 0 Å². The Labute approximate surface area is 182 Å². The van der Waals surface area contributed by atoms with Gasteiger partial charge in [0, 0.05) is 31.9 Å². The van der Waals surface area contributed by atoms with Crippen molar-refractivity contribution in [1.29, 1.82) is 0 Å². The Balaban J connectivity index is 1.14. The van der Waals surface area contributed by atoms with Crippen molar-refractivity contribution in [2.24, 2.45) is 7.05 Å². The van der Waals surface area contributed by atoms with Gasteiger partial charge < -0.3 is 18.8 Å². The molecule has 0 N–H and O–H groups in total. The van der Waals surface area contributed by atoms with E-state index in [0.717, 1.165) is 67.3 Å². The Bertz CT molecular complexity index is 860. The first-order valence-corrected chi connectivity index (χ1v) is 12.0. The van der Waals surface area contributed by atoms with Gasteiger partial charge in [-0.15, -0.1) is 10.2 Å². The number of benzene rings is 1. The molecule has 8 heteroatoms. The summed E-state index contributed by atoms with van der Waals surface area (Å²) in [4.78, 5) is 2.52. The lowest BCUT2D eigenvalue weighted by molar-refractivity contribution is 0.129. The molecule has 1 atom stereocenters. The maximum atomic E-state index is 5.73. The van der Waals surface area contributed by atoms with Gasteiger partial charge in [0.25, 0.3) is 0 Å². The third kappa shape index (κ3) is 4.45. The number of fused-ring (bicyclic) bond motifs is 1. The van der Waals surface area contributed by atoms with Crippen LogP contribution in [0.3, 0.4) is 0 Å². The number of likely N-dealkylation sites (tertiary alicyclic amines) is 1. The number of hydrogen-bond acceptors (Lipinski definition) is 7. The lowest BCUT2D eigenvalue weighted by atomic mass is 9.95. The summed E-state index contributed by atoms with van der Waals surface area (Å²) in [6.07, 6.45) is 4.96. The maximum absolute atomic E-state index is 5.73. The van der Waals surface area contributed by atoms with E-state index in [1.54, 1.807) is 11.8 Å². The van der Waals surface area contributed by atoms with Gasteiger partial charge in [-0.3, -0.25) is 4.90 Å². The summed E-state index contributed by atoms with van der Waals surface area (Å²) >= 11 is 1.77. The second kappa shape index (κ2) is 9.16. The fraction of sp³-hybridized carbons (Fsp3) is 0.636. The van der Waals surface area contributed by atoms with Crippen LogP contribution in [0.2, 0.25) is 0 Å². The van der Waals surface area contributed by atoms with Crippen molar-refractivity contribution >= 4 is 11.8 Å². The average molecular weight is 431 g/mol. The minimum absolute atomic E-state index is 0.374. The van der Waals surface area contributed by atoms with Gasteiger partial charge in [-0.2, -0.15) is 0 Å². The first-order chi connectivity index (χ1) is 14.8. The molecule has 0 unspecified atom stereocenters. The topological polar surface area (TPSA) is 61.6 Å². The predicted molar refractivity (Wildman–Crippen MR) is 115 cm³/mol. The average Bonchev–Trinajstić information content (AvgIpc) is 3.43. The first-order valence-electron chi connectivity index (χ1n) is 11.0. The molecule has 1 aromatic carbocycles. The normalized spacial score (nSPS) is 22.5. The van der Waals surface area contributed by atoms with Crippen LogP contribution in [0.25, 0.3) is 0 Å². The summed E-state index contributed by atoms with van der Waals surface area (Å²) in [6.45, 7) is 5.27. The molecule has 162 valence electrons. The Morgan fingerprint density at radius 1 is 1.03 bits per heavy atom. The molecule has 2 aromatic rings. The minimum Gasteiger partial charge on any atom is -0.486 e. The highest BCUT2D eigenvalue weighted by Gasteiger charge is 2.26. The van der Waals surface area contributed by atoms with Crippen LogP contribution in [0.15, 0.2) is 23.4 Å². The molecular weight excluding hydrogens is 400 g/mol. The molecule has 2 saturated heterocycles. The Morgan fingerprint density at radius 2 is 1.87 bits per heavy atom. The van der Waals surface area contributed by atoms with Crippen molar-refractivity contribution in [3.05, 3.63) is 29.6 Å². The van der Waals surface area contributed by atoms with E-state index in [0.29, 0.717) is 25.2 Å². The molecule has 0 spiro atoms. The van der Waals surface area contributed by atoms with E-state index < -0.39 is 0 Å².